The first kappa shape index (κ1) is 26.2. The molecule has 8 nitrogen and oxygen atoms in total. The molecule has 0 aliphatic carbocycles. The number of H-pyrrole nitrogens is 1. The van der Waals surface area contributed by atoms with Gasteiger partial charge in [0.05, 0.1) is 18.2 Å². The van der Waals surface area contributed by atoms with Gasteiger partial charge in [0.2, 0.25) is 5.56 Å². The number of nitrogens with zero attached hydrogens (tertiary/aromatic N) is 1. The molecule has 0 spiro atoms. The molecule has 9 heteroatoms. The Kier molecular flexibility index (Phi) is 8.10. The van der Waals surface area contributed by atoms with Gasteiger partial charge in [-0.05, 0) is 74.1 Å². The van der Waals surface area contributed by atoms with E-state index in [9.17, 15) is 19.8 Å². The van der Waals surface area contributed by atoms with Gasteiger partial charge in [0.25, 0.3) is 0 Å². The van der Waals surface area contributed by atoms with Crippen LogP contribution in [0.2, 0.25) is 18.1 Å². The van der Waals surface area contributed by atoms with Crippen LogP contribution in [0.25, 0.3) is 10.9 Å². The molecular weight excluding hydrogens is 450 g/mol. The Hall–Kier alpha value is -2.36. The van der Waals surface area contributed by atoms with E-state index < -0.39 is 20.5 Å². The molecule has 0 radical (unpaired) electrons. The second-order valence-corrected chi connectivity index (χ2v) is 15.6. The number of rotatable bonds is 8. The number of aromatic amines is 1. The van der Waals surface area contributed by atoms with Crippen molar-refractivity contribution in [3.05, 3.63) is 40.2 Å². The van der Waals surface area contributed by atoms with Gasteiger partial charge >= 0.3 is 6.09 Å². The molecule has 3 rings (SSSR count). The Labute approximate surface area is 202 Å². The van der Waals surface area contributed by atoms with Crippen LogP contribution < -0.4 is 10.9 Å². The van der Waals surface area contributed by atoms with E-state index in [0.717, 1.165) is 37.9 Å². The number of pyridine rings is 1. The zero-order valence-electron chi connectivity index (χ0n) is 21.0. The van der Waals surface area contributed by atoms with Gasteiger partial charge in [-0.15, -0.1) is 0 Å². The average Bonchev–Trinajstić information content (AvgIpc) is 2.76. The lowest BCUT2D eigenvalue weighted by Gasteiger charge is -2.40. The average molecular weight is 490 g/mol. The number of piperidine rings is 1. The van der Waals surface area contributed by atoms with E-state index in [1.807, 2.05) is 0 Å². The van der Waals surface area contributed by atoms with Gasteiger partial charge in [0.1, 0.15) is 5.75 Å². The fourth-order valence-electron chi connectivity index (χ4n) is 4.25. The van der Waals surface area contributed by atoms with Crippen LogP contribution in [-0.2, 0) is 4.43 Å². The minimum Gasteiger partial charge on any atom is -0.506 e. The summed E-state index contributed by atoms with van der Waals surface area (Å²) in [5, 5.41) is 24.3. The molecule has 4 N–H and O–H groups in total. The molecule has 0 bridgehead atoms. The molecule has 188 valence electrons. The molecule has 1 saturated heterocycles. The first-order valence-corrected chi connectivity index (χ1v) is 15.0. The van der Waals surface area contributed by atoms with Gasteiger partial charge in [-0.1, -0.05) is 26.8 Å². The smallest absolute Gasteiger partial charge is 0.407 e. The van der Waals surface area contributed by atoms with E-state index in [4.69, 9.17) is 4.43 Å². The summed E-state index contributed by atoms with van der Waals surface area (Å²) in [5.41, 5.74) is 0.795. The number of carboxylic acid groups (broad SMARTS) is 1. The van der Waals surface area contributed by atoms with Crippen molar-refractivity contribution in [2.75, 3.05) is 26.2 Å². The van der Waals surface area contributed by atoms with E-state index in [1.54, 1.807) is 12.1 Å². The fourth-order valence-corrected chi connectivity index (χ4v) is 5.51. The van der Waals surface area contributed by atoms with Crippen LogP contribution in [0.5, 0.6) is 5.75 Å². The summed E-state index contributed by atoms with van der Waals surface area (Å²) in [7, 11) is -2.28. The molecule has 2 heterocycles. The Morgan fingerprint density at radius 3 is 2.50 bits per heavy atom. The quantitative estimate of drug-likeness (QED) is 0.401. The van der Waals surface area contributed by atoms with Gasteiger partial charge in [-0.2, -0.15) is 0 Å². The first-order chi connectivity index (χ1) is 15.9. The third-order valence-corrected chi connectivity index (χ3v) is 11.9. The fraction of sp³-hybridized carbons (Fsp3) is 0.600. The lowest BCUT2D eigenvalue weighted by Crippen LogP contribution is -2.45. The highest BCUT2D eigenvalue weighted by molar-refractivity contribution is 6.74. The molecule has 1 aromatic heterocycles. The largest absolute Gasteiger partial charge is 0.506 e. The number of carbonyl (C=O) groups is 1. The van der Waals surface area contributed by atoms with Crippen LogP contribution in [0.4, 0.5) is 4.79 Å². The summed E-state index contributed by atoms with van der Waals surface area (Å²) in [6.45, 7) is 13.3. The number of hydrogen-bond donors (Lipinski definition) is 4. The van der Waals surface area contributed by atoms with Crippen LogP contribution in [0.15, 0.2) is 29.1 Å². The normalized spacial score (nSPS) is 16.5. The van der Waals surface area contributed by atoms with E-state index >= 15 is 0 Å². The number of fused-ring (bicyclic) bond motifs is 1. The molecule has 0 saturated carbocycles. The summed E-state index contributed by atoms with van der Waals surface area (Å²) < 4.78 is 6.79. The molecular formula is C25H39N3O5Si. The summed E-state index contributed by atoms with van der Waals surface area (Å²) in [4.78, 5) is 28.3. The maximum Gasteiger partial charge on any atom is 0.407 e. The van der Waals surface area contributed by atoms with Crippen molar-refractivity contribution < 1.29 is 19.4 Å². The highest BCUT2D eigenvalue weighted by atomic mass is 28.4. The maximum absolute atomic E-state index is 12.2. The molecule has 1 aromatic carbocycles. The SMILES string of the molecule is CC(C)(C)[Si](C)(C)OC(CN(CCC1CCNCC1)C(=O)O)c1ccc(O)c2[nH]c(=O)ccc12. The third kappa shape index (κ3) is 6.19. The Morgan fingerprint density at radius 1 is 1.21 bits per heavy atom. The molecule has 1 amide bonds. The van der Waals surface area contributed by atoms with Crippen molar-refractivity contribution in [3.63, 3.8) is 0 Å². The predicted molar refractivity (Wildman–Crippen MR) is 137 cm³/mol. The molecule has 1 fully saturated rings. The number of nitrogens with one attached hydrogen (secondary N) is 2. The molecule has 1 unspecified atom stereocenters. The van der Waals surface area contributed by atoms with Gasteiger partial charge in [-0.3, -0.25) is 4.79 Å². The van der Waals surface area contributed by atoms with Gasteiger partial charge in [0, 0.05) is 18.0 Å². The van der Waals surface area contributed by atoms with Crippen LogP contribution >= 0.6 is 0 Å². The number of phenolic OH excluding ortho intramolecular Hbond substituents is 1. The van der Waals surface area contributed by atoms with Crippen LogP contribution in [0.1, 0.15) is 51.7 Å². The van der Waals surface area contributed by atoms with Crippen molar-refractivity contribution in [2.45, 2.75) is 64.3 Å². The van der Waals surface area contributed by atoms with Crippen molar-refractivity contribution in [3.8, 4) is 5.75 Å². The molecule has 1 atom stereocenters. The monoisotopic (exact) mass is 489 g/mol. The summed E-state index contributed by atoms with van der Waals surface area (Å²) >= 11 is 0. The van der Waals surface area contributed by atoms with Crippen molar-refractivity contribution in [1.82, 2.24) is 15.2 Å². The summed E-state index contributed by atoms with van der Waals surface area (Å²) in [6.07, 6.45) is 1.46. The van der Waals surface area contributed by atoms with Crippen molar-refractivity contribution >= 4 is 25.3 Å². The van der Waals surface area contributed by atoms with E-state index in [-0.39, 0.29) is 22.9 Å². The number of aromatic nitrogens is 1. The number of phenols is 1. The first-order valence-electron chi connectivity index (χ1n) is 12.1. The predicted octanol–water partition coefficient (Wildman–Crippen LogP) is 4.67. The van der Waals surface area contributed by atoms with Gasteiger partial charge in [-0.25, -0.2) is 4.79 Å². The topological polar surface area (TPSA) is 115 Å². The van der Waals surface area contributed by atoms with Crippen LogP contribution in [0.3, 0.4) is 0 Å². The molecule has 34 heavy (non-hydrogen) atoms. The minimum atomic E-state index is -2.28. The second-order valence-electron chi connectivity index (χ2n) is 10.9. The molecule has 2 aromatic rings. The van der Waals surface area contributed by atoms with E-state index in [2.05, 4.69) is 44.2 Å². The van der Waals surface area contributed by atoms with Gasteiger partial charge < -0.3 is 29.8 Å². The zero-order valence-corrected chi connectivity index (χ0v) is 22.0. The lowest BCUT2D eigenvalue weighted by molar-refractivity contribution is 0.0978. The summed E-state index contributed by atoms with van der Waals surface area (Å²) in [6, 6.07) is 6.41. The van der Waals surface area contributed by atoms with Gasteiger partial charge in [0.15, 0.2) is 8.32 Å². The third-order valence-electron chi connectivity index (χ3n) is 7.42. The van der Waals surface area contributed by atoms with E-state index in [0.29, 0.717) is 23.4 Å². The van der Waals surface area contributed by atoms with Crippen LogP contribution in [0, 0.1) is 5.92 Å². The Balaban J connectivity index is 1.96. The highest BCUT2D eigenvalue weighted by Gasteiger charge is 2.40. The molecule has 1 aliphatic heterocycles. The van der Waals surface area contributed by atoms with E-state index in [1.165, 1.54) is 17.0 Å². The number of aromatic hydroxyl groups is 1. The maximum atomic E-state index is 12.2. The molecule has 1 aliphatic rings. The highest BCUT2D eigenvalue weighted by Crippen LogP contribution is 2.41. The number of benzene rings is 1. The second kappa shape index (κ2) is 10.5. The standard InChI is InChI=1S/C25H39N3O5Si/c1-25(2,3)34(4,5)33-21(16-28(24(31)32)15-12-17-10-13-26-14-11-17)18-6-8-20(29)23-19(18)7-9-22(30)27-23/h6-9,17,21,26,29H,10-16H2,1-5H3,(H,27,30)(H,31,32). The summed E-state index contributed by atoms with van der Waals surface area (Å²) in [5.74, 6) is 0.492. The number of hydrogen-bond acceptors (Lipinski definition) is 5. The van der Waals surface area contributed by atoms with Crippen LogP contribution in [-0.4, -0.2) is 60.7 Å². The van der Waals surface area contributed by atoms with Crippen molar-refractivity contribution in [2.24, 2.45) is 5.92 Å². The zero-order chi connectivity index (χ0) is 25.1. The lowest BCUT2D eigenvalue weighted by atomic mass is 9.94. The number of amides is 1. The van der Waals surface area contributed by atoms with Crippen molar-refractivity contribution in [1.29, 1.82) is 0 Å². The Morgan fingerprint density at radius 2 is 1.88 bits per heavy atom. The minimum absolute atomic E-state index is 0.0245. The Bertz CT molecular complexity index is 1060.